The molecular weight excluding hydrogens is 114 g/mol. The molecule has 0 unspecified atom stereocenters. The van der Waals surface area contributed by atoms with Crippen molar-refractivity contribution in [2.24, 2.45) is 0 Å². The molecule has 0 heterocycles. The first kappa shape index (κ1) is 5.66. The molecule has 0 saturated heterocycles. The molecule has 3 nitrogen and oxygen atoms in total. The monoisotopic (exact) mass is 119 g/mol. The molecule has 0 aliphatic carbocycles. The van der Waals surface area contributed by atoms with Crippen LogP contribution in [0.1, 0.15) is 0 Å². The van der Waals surface area contributed by atoms with Crippen molar-refractivity contribution in [3.63, 3.8) is 0 Å². The van der Waals surface area contributed by atoms with Crippen molar-refractivity contribution in [3.05, 3.63) is 40.8 Å². The van der Waals surface area contributed by atoms with Crippen LogP contribution in [0.4, 0.5) is 5.69 Å². The Hall–Kier alpha value is -1.47. The number of hydrogen-bond acceptors (Lipinski definition) is 1. The molecule has 1 aromatic rings. The first-order valence-corrected chi connectivity index (χ1v) is 2.53. The fourth-order valence-electron chi connectivity index (χ4n) is 0.546. The SMILES string of the molecule is [N-]=[N+]=[N+]c1ccccc1. The van der Waals surface area contributed by atoms with E-state index < -0.39 is 0 Å². The normalized spacial score (nSPS) is 8.00. The van der Waals surface area contributed by atoms with E-state index in [1.807, 2.05) is 18.2 Å². The second-order valence-electron chi connectivity index (χ2n) is 1.52. The number of hydrogen-bond donors (Lipinski definition) is 0. The van der Waals surface area contributed by atoms with Crippen molar-refractivity contribution in [2.45, 2.75) is 0 Å². The van der Waals surface area contributed by atoms with Gasteiger partial charge < -0.3 is 0 Å². The summed E-state index contributed by atoms with van der Waals surface area (Å²) in [6.45, 7) is 0. The van der Waals surface area contributed by atoms with Crippen LogP contribution in [-0.2, 0) is 0 Å². The zero-order valence-corrected chi connectivity index (χ0v) is 4.73. The third kappa shape index (κ3) is 1.48. The molecule has 1 radical (unpaired) electrons. The molecule has 43 valence electrons. The molecule has 9 heavy (non-hydrogen) atoms. The Morgan fingerprint density at radius 2 is 1.78 bits per heavy atom. The van der Waals surface area contributed by atoms with Crippen LogP contribution in [-0.4, -0.2) is 0 Å². The molecule has 0 bridgehead atoms. The van der Waals surface area contributed by atoms with Crippen molar-refractivity contribution in [1.29, 1.82) is 0 Å². The van der Waals surface area contributed by atoms with E-state index in [1.165, 1.54) is 0 Å². The van der Waals surface area contributed by atoms with Crippen LogP contribution in [0.5, 0.6) is 0 Å². The van der Waals surface area contributed by atoms with E-state index in [9.17, 15) is 0 Å². The van der Waals surface area contributed by atoms with Gasteiger partial charge in [0.05, 0.1) is 0 Å². The molecule has 0 aliphatic rings. The summed E-state index contributed by atoms with van der Waals surface area (Å²) < 4.78 is 0. The fraction of sp³-hybridized carbons (Fsp3) is 0. The highest BCUT2D eigenvalue weighted by atomic mass is 15.1. The predicted molar refractivity (Wildman–Crippen MR) is 35.0 cm³/mol. The number of benzene rings is 1. The third-order valence-corrected chi connectivity index (χ3v) is 0.916. The lowest BCUT2D eigenvalue weighted by Crippen LogP contribution is -1.69. The van der Waals surface area contributed by atoms with Gasteiger partial charge in [-0.05, 0) is 12.1 Å². The Labute approximate surface area is 52.6 Å². The Morgan fingerprint density at radius 1 is 1.11 bits per heavy atom. The molecule has 1 aromatic carbocycles. The van der Waals surface area contributed by atoms with E-state index in [2.05, 4.69) is 10.0 Å². The van der Waals surface area contributed by atoms with Crippen molar-refractivity contribution >= 4 is 5.69 Å². The van der Waals surface area contributed by atoms with Crippen LogP contribution in [0.2, 0.25) is 0 Å². The standard InChI is InChI=1S/C6H5N3/c7-9-8-6-4-2-1-3-5-6/h1-5H/q+1. The van der Waals surface area contributed by atoms with Crippen LogP contribution < -0.4 is 5.11 Å². The first-order valence-electron chi connectivity index (χ1n) is 2.53. The summed E-state index contributed by atoms with van der Waals surface area (Å²) in [7, 11) is 0. The summed E-state index contributed by atoms with van der Waals surface area (Å²) in [5.74, 6) is 0. The molecule has 0 saturated carbocycles. The molecule has 0 atom stereocenters. The molecular formula is C6H5N3+. The van der Waals surface area contributed by atoms with E-state index in [0.29, 0.717) is 5.69 Å². The molecule has 0 spiro atoms. The van der Waals surface area contributed by atoms with E-state index in [-0.39, 0.29) is 0 Å². The lowest BCUT2D eigenvalue weighted by molar-refractivity contribution is 1.32. The number of nitrogens with zero attached hydrogens (tertiary/aromatic N) is 3. The molecule has 0 aliphatic heterocycles. The van der Waals surface area contributed by atoms with Crippen LogP contribution >= 0.6 is 0 Å². The summed E-state index contributed by atoms with van der Waals surface area (Å²) in [4.78, 5) is 2.63. The second-order valence-corrected chi connectivity index (χ2v) is 1.52. The summed E-state index contributed by atoms with van der Waals surface area (Å²) in [6.07, 6.45) is 0. The van der Waals surface area contributed by atoms with Gasteiger partial charge in [-0.2, -0.15) is 0 Å². The minimum Gasteiger partial charge on any atom is -0.0621 e. The van der Waals surface area contributed by atoms with Gasteiger partial charge in [0.25, 0.3) is 4.91 Å². The molecule has 0 fully saturated rings. The van der Waals surface area contributed by atoms with E-state index in [1.54, 1.807) is 12.1 Å². The first-order chi connectivity index (χ1) is 4.43. The lowest BCUT2D eigenvalue weighted by Gasteiger charge is -1.77. The van der Waals surface area contributed by atoms with Crippen molar-refractivity contribution in [1.82, 2.24) is 5.11 Å². The smallest absolute Gasteiger partial charge is 0.0621 e. The van der Waals surface area contributed by atoms with Crippen LogP contribution in [0, 0.1) is 0 Å². The minimum absolute atomic E-state index is 0.653. The molecule has 0 N–H and O–H groups in total. The average molecular weight is 119 g/mol. The van der Waals surface area contributed by atoms with Gasteiger partial charge in [0.15, 0.2) is 10.8 Å². The minimum atomic E-state index is 0.653. The van der Waals surface area contributed by atoms with Gasteiger partial charge in [0, 0.05) is 0 Å². The van der Waals surface area contributed by atoms with Gasteiger partial charge in [0.2, 0.25) is 0 Å². The summed E-state index contributed by atoms with van der Waals surface area (Å²) in [5, 5.41) is 3.39. The summed E-state index contributed by atoms with van der Waals surface area (Å²) >= 11 is 0. The Kier molecular flexibility index (Phi) is 1.73. The predicted octanol–water partition coefficient (Wildman–Crippen LogP) is 1.96. The summed E-state index contributed by atoms with van der Waals surface area (Å²) in [5.41, 5.74) is 8.63. The molecule has 1 rings (SSSR count). The molecule has 3 heteroatoms. The van der Waals surface area contributed by atoms with Crippen LogP contribution in [0.3, 0.4) is 0 Å². The quantitative estimate of drug-likeness (QED) is 0.308. The van der Waals surface area contributed by atoms with Crippen molar-refractivity contribution in [2.75, 3.05) is 0 Å². The maximum Gasteiger partial charge on any atom is 0.356 e. The van der Waals surface area contributed by atoms with Gasteiger partial charge in [-0.15, -0.1) is 0 Å². The highest BCUT2D eigenvalue weighted by Gasteiger charge is 1.88. The third-order valence-electron chi connectivity index (χ3n) is 0.916. The maximum absolute atomic E-state index is 7.98. The van der Waals surface area contributed by atoms with Gasteiger partial charge in [-0.1, -0.05) is 18.2 Å². The second kappa shape index (κ2) is 2.74. The van der Waals surface area contributed by atoms with Gasteiger partial charge in [-0.3, -0.25) is 0 Å². The van der Waals surface area contributed by atoms with E-state index in [0.717, 1.165) is 0 Å². The molecule has 0 amide bonds. The zero-order valence-electron chi connectivity index (χ0n) is 4.73. The highest BCUT2D eigenvalue weighted by molar-refractivity contribution is 5.33. The van der Waals surface area contributed by atoms with Gasteiger partial charge in [0.1, 0.15) is 0 Å². The fourth-order valence-corrected chi connectivity index (χ4v) is 0.546. The van der Waals surface area contributed by atoms with Crippen molar-refractivity contribution in [3.8, 4) is 0 Å². The lowest BCUT2D eigenvalue weighted by atomic mass is 10.3. The Bertz CT molecular complexity index is 223. The summed E-state index contributed by atoms with van der Waals surface area (Å²) in [6, 6.07) is 9.02. The Balaban J connectivity index is 2.97. The topological polar surface area (TPSA) is 50.5 Å². The van der Waals surface area contributed by atoms with E-state index >= 15 is 0 Å². The average Bonchev–Trinajstić information content (AvgIpc) is 1.91. The maximum atomic E-state index is 7.98. The Morgan fingerprint density at radius 3 is 2.33 bits per heavy atom. The number of azide groups is 1. The van der Waals surface area contributed by atoms with Gasteiger partial charge >= 0.3 is 5.53 Å². The zero-order chi connectivity index (χ0) is 6.53. The molecule has 0 aromatic heterocycles. The van der Waals surface area contributed by atoms with Gasteiger partial charge in [-0.25, -0.2) is 0 Å². The van der Waals surface area contributed by atoms with Crippen molar-refractivity contribution < 1.29 is 0 Å². The highest BCUT2D eigenvalue weighted by Crippen LogP contribution is 2.00. The van der Waals surface area contributed by atoms with Crippen LogP contribution in [0.25, 0.3) is 10.4 Å². The number of rotatable bonds is 1. The van der Waals surface area contributed by atoms with E-state index in [4.69, 9.17) is 5.53 Å². The largest absolute Gasteiger partial charge is 0.356 e. The van der Waals surface area contributed by atoms with Crippen LogP contribution in [0.15, 0.2) is 30.3 Å².